The number of benzene rings is 2. The molecule has 0 aromatic heterocycles. The van der Waals surface area contributed by atoms with Crippen molar-refractivity contribution in [2.75, 3.05) is 11.9 Å². The van der Waals surface area contributed by atoms with Gasteiger partial charge in [-0.2, -0.15) is 23.5 Å². The van der Waals surface area contributed by atoms with Crippen LogP contribution in [0.25, 0.3) is 0 Å². The van der Waals surface area contributed by atoms with Crippen LogP contribution in [0.3, 0.4) is 0 Å². The van der Waals surface area contributed by atoms with Crippen LogP contribution < -0.4 is 10.7 Å². The van der Waals surface area contributed by atoms with Gasteiger partial charge in [0.1, 0.15) is 0 Å². The molecular formula is C17H13F3N4O. The van der Waals surface area contributed by atoms with Crippen LogP contribution in [0.4, 0.5) is 18.9 Å². The molecule has 8 heteroatoms. The summed E-state index contributed by atoms with van der Waals surface area (Å²) < 4.78 is 37.8. The van der Waals surface area contributed by atoms with Gasteiger partial charge in [0.05, 0.1) is 30.0 Å². The van der Waals surface area contributed by atoms with Crippen molar-refractivity contribution in [3.63, 3.8) is 0 Å². The fraction of sp³-hybridized carbons (Fsp3) is 0.118. The summed E-state index contributed by atoms with van der Waals surface area (Å²) in [4.78, 5) is 11.6. The molecule has 0 aliphatic heterocycles. The van der Waals surface area contributed by atoms with Crippen LogP contribution in [0, 0.1) is 11.3 Å². The topological polar surface area (TPSA) is 77.3 Å². The highest BCUT2D eigenvalue weighted by atomic mass is 19.4. The van der Waals surface area contributed by atoms with Crippen LogP contribution in [0.2, 0.25) is 0 Å². The second-order valence-corrected chi connectivity index (χ2v) is 4.96. The van der Waals surface area contributed by atoms with Crippen molar-refractivity contribution in [1.82, 2.24) is 5.43 Å². The minimum absolute atomic E-state index is 0.182. The molecule has 0 aliphatic carbocycles. The van der Waals surface area contributed by atoms with Crippen LogP contribution in [0.15, 0.2) is 53.6 Å². The van der Waals surface area contributed by atoms with E-state index in [0.717, 1.165) is 12.1 Å². The summed E-state index contributed by atoms with van der Waals surface area (Å²) in [6.45, 7) is -0.230. The Morgan fingerprint density at radius 1 is 1.20 bits per heavy atom. The maximum absolute atomic E-state index is 12.6. The first-order chi connectivity index (χ1) is 11.9. The summed E-state index contributed by atoms with van der Waals surface area (Å²) in [5.41, 5.74) is 2.83. The van der Waals surface area contributed by atoms with E-state index in [1.165, 1.54) is 18.3 Å². The zero-order valence-corrected chi connectivity index (χ0v) is 12.8. The molecule has 0 saturated carbocycles. The van der Waals surface area contributed by atoms with Crippen molar-refractivity contribution in [2.45, 2.75) is 6.18 Å². The molecule has 0 unspecified atom stereocenters. The fourth-order valence-corrected chi connectivity index (χ4v) is 1.85. The number of nitrogens with one attached hydrogen (secondary N) is 2. The van der Waals surface area contributed by atoms with Crippen molar-refractivity contribution >= 4 is 17.8 Å². The number of nitriles is 1. The second-order valence-electron chi connectivity index (χ2n) is 4.96. The summed E-state index contributed by atoms with van der Waals surface area (Å²) in [6, 6.07) is 13.1. The van der Waals surface area contributed by atoms with Crippen LogP contribution in [-0.2, 0) is 11.0 Å². The van der Waals surface area contributed by atoms with Gasteiger partial charge in [0.15, 0.2) is 0 Å². The van der Waals surface area contributed by atoms with Gasteiger partial charge in [0.2, 0.25) is 0 Å². The fourth-order valence-electron chi connectivity index (χ4n) is 1.85. The van der Waals surface area contributed by atoms with Gasteiger partial charge in [0, 0.05) is 5.69 Å². The number of hydrogen-bond donors (Lipinski definition) is 2. The number of carbonyl (C=O) groups is 1. The molecule has 2 aromatic carbocycles. The third-order valence-electron chi connectivity index (χ3n) is 3.09. The molecule has 25 heavy (non-hydrogen) atoms. The first kappa shape index (κ1) is 18.0. The van der Waals surface area contributed by atoms with Gasteiger partial charge in [-0.05, 0) is 35.9 Å². The minimum Gasteiger partial charge on any atom is -0.376 e. The highest BCUT2D eigenvalue weighted by molar-refractivity contribution is 5.84. The number of carbonyl (C=O) groups excluding carboxylic acids is 1. The standard InChI is InChI=1S/C17H13F3N4O/c18-17(19,20)14-2-1-3-15(8-14)22-11-16(25)24-23-10-13-6-4-12(9-21)5-7-13/h1-8,10,22H,11H2,(H,24,25). The van der Waals surface area contributed by atoms with Crippen molar-refractivity contribution in [3.8, 4) is 6.07 Å². The molecule has 2 aromatic rings. The van der Waals surface area contributed by atoms with E-state index in [0.29, 0.717) is 11.1 Å². The van der Waals surface area contributed by atoms with E-state index in [1.54, 1.807) is 24.3 Å². The van der Waals surface area contributed by atoms with E-state index in [9.17, 15) is 18.0 Å². The zero-order chi connectivity index (χ0) is 18.3. The van der Waals surface area contributed by atoms with Crippen LogP contribution in [0.1, 0.15) is 16.7 Å². The summed E-state index contributed by atoms with van der Waals surface area (Å²) in [5.74, 6) is -0.512. The molecule has 0 bridgehead atoms. The molecule has 0 spiro atoms. The monoisotopic (exact) mass is 346 g/mol. The molecule has 5 nitrogen and oxygen atoms in total. The molecule has 0 fully saturated rings. The van der Waals surface area contributed by atoms with Gasteiger partial charge in [-0.3, -0.25) is 4.79 Å². The highest BCUT2D eigenvalue weighted by Gasteiger charge is 2.30. The third-order valence-corrected chi connectivity index (χ3v) is 3.09. The van der Waals surface area contributed by atoms with E-state index >= 15 is 0 Å². The largest absolute Gasteiger partial charge is 0.416 e. The minimum atomic E-state index is -4.44. The summed E-state index contributed by atoms with van der Waals surface area (Å²) in [6.07, 6.45) is -3.05. The van der Waals surface area contributed by atoms with E-state index < -0.39 is 17.6 Å². The van der Waals surface area contributed by atoms with Gasteiger partial charge >= 0.3 is 6.18 Å². The smallest absolute Gasteiger partial charge is 0.376 e. The summed E-state index contributed by atoms with van der Waals surface area (Å²) in [7, 11) is 0. The van der Waals surface area contributed by atoms with Crippen LogP contribution >= 0.6 is 0 Å². The molecular weight excluding hydrogens is 333 g/mol. The van der Waals surface area contributed by atoms with E-state index in [2.05, 4.69) is 15.8 Å². The van der Waals surface area contributed by atoms with E-state index in [4.69, 9.17) is 5.26 Å². The average Bonchev–Trinajstić information content (AvgIpc) is 2.60. The predicted molar refractivity (Wildman–Crippen MR) is 86.8 cm³/mol. The summed E-state index contributed by atoms with van der Waals surface area (Å²) in [5, 5.41) is 15.0. The number of alkyl halides is 3. The van der Waals surface area contributed by atoms with Crippen molar-refractivity contribution in [1.29, 1.82) is 5.26 Å². The molecule has 0 saturated heterocycles. The third kappa shape index (κ3) is 5.66. The van der Waals surface area contributed by atoms with Gasteiger partial charge in [-0.25, -0.2) is 5.43 Å². The second kappa shape index (κ2) is 7.97. The Kier molecular flexibility index (Phi) is 5.74. The van der Waals surface area contributed by atoms with Crippen molar-refractivity contribution < 1.29 is 18.0 Å². The molecule has 2 N–H and O–H groups in total. The Bertz CT molecular complexity index is 808. The molecule has 2 rings (SSSR count). The maximum Gasteiger partial charge on any atom is 0.416 e. The number of anilines is 1. The molecule has 0 atom stereocenters. The quantitative estimate of drug-likeness (QED) is 0.645. The highest BCUT2D eigenvalue weighted by Crippen LogP contribution is 2.30. The Hall–Kier alpha value is -3.34. The van der Waals surface area contributed by atoms with Crippen molar-refractivity contribution in [2.24, 2.45) is 5.10 Å². The first-order valence-corrected chi connectivity index (χ1v) is 7.11. The maximum atomic E-state index is 12.6. The molecule has 128 valence electrons. The number of nitrogens with zero attached hydrogens (tertiary/aromatic N) is 2. The lowest BCUT2D eigenvalue weighted by Gasteiger charge is -2.10. The lowest BCUT2D eigenvalue weighted by Crippen LogP contribution is -2.26. The van der Waals surface area contributed by atoms with Gasteiger partial charge in [0.25, 0.3) is 5.91 Å². The molecule has 1 amide bonds. The number of amides is 1. The van der Waals surface area contributed by atoms with Gasteiger partial charge in [-0.1, -0.05) is 18.2 Å². The predicted octanol–water partition coefficient (Wildman–Crippen LogP) is 3.14. The lowest BCUT2D eigenvalue weighted by atomic mass is 10.2. The molecule has 0 heterocycles. The van der Waals surface area contributed by atoms with Crippen molar-refractivity contribution in [3.05, 3.63) is 65.2 Å². The Labute approximate surface area is 141 Å². The zero-order valence-electron chi connectivity index (χ0n) is 12.8. The Morgan fingerprint density at radius 2 is 1.92 bits per heavy atom. The van der Waals surface area contributed by atoms with Crippen LogP contribution in [0.5, 0.6) is 0 Å². The van der Waals surface area contributed by atoms with Crippen LogP contribution in [-0.4, -0.2) is 18.7 Å². The van der Waals surface area contributed by atoms with E-state index in [-0.39, 0.29) is 12.2 Å². The average molecular weight is 346 g/mol. The van der Waals surface area contributed by atoms with Gasteiger partial charge in [-0.15, -0.1) is 0 Å². The first-order valence-electron chi connectivity index (χ1n) is 7.11. The number of halogens is 3. The number of rotatable bonds is 5. The Balaban J connectivity index is 1.84. The lowest BCUT2D eigenvalue weighted by molar-refractivity contribution is -0.137. The SMILES string of the molecule is N#Cc1ccc(C=NNC(=O)CNc2cccc(C(F)(F)F)c2)cc1. The number of hydrazone groups is 1. The Morgan fingerprint density at radius 3 is 2.56 bits per heavy atom. The van der Waals surface area contributed by atoms with Gasteiger partial charge < -0.3 is 5.32 Å². The number of hydrogen-bond acceptors (Lipinski definition) is 4. The molecule has 0 radical (unpaired) electrons. The van der Waals surface area contributed by atoms with E-state index in [1.807, 2.05) is 6.07 Å². The summed E-state index contributed by atoms with van der Waals surface area (Å²) >= 11 is 0. The normalized spacial score (nSPS) is 11.1. The molecule has 0 aliphatic rings.